The van der Waals surface area contributed by atoms with Gasteiger partial charge in [0.2, 0.25) is 0 Å². The predicted octanol–water partition coefficient (Wildman–Crippen LogP) is 3.91. The largest absolute Gasteiger partial charge is 0.481 e. The zero-order valence-electron chi connectivity index (χ0n) is 16.4. The fourth-order valence-electron chi connectivity index (χ4n) is 2.38. The quantitative estimate of drug-likeness (QED) is 0.185. The van der Waals surface area contributed by atoms with Gasteiger partial charge in [0.25, 0.3) is 0 Å². The molecule has 0 saturated heterocycles. The second-order valence-electron chi connectivity index (χ2n) is 6.57. The number of allylic oxidation sites excluding steroid dienone is 5. The lowest BCUT2D eigenvalue weighted by Crippen LogP contribution is -2.24. The van der Waals surface area contributed by atoms with E-state index >= 15 is 0 Å². The van der Waals surface area contributed by atoms with Gasteiger partial charge < -0.3 is 20.4 Å². The van der Waals surface area contributed by atoms with E-state index in [9.17, 15) is 20.1 Å². The number of rotatable bonds is 16. The maximum atomic E-state index is 10.4. The number of carbonyl (C=O) groups is 1. The monoisotopic (exact) mass is 380 g/mol. The molecule has 0 spiro atoms. The topological polar surface area (TPSA) is 98.0 Å². The zero-order valence-corrected chi connectivity index (χ0v) is 16.4. The number of aliphatic hydroxyl groups is 3. The molecule has 0 aromatic rings. The molecule has 0 saturated carbocycles. The SMILES string of the molecule is CCC=CCC(O)C(O)CC=CCC=CC=CC(O)CCCCCC(=O)O. The molecular weight excluding hydrogens is 344 g/mol. The molecule has 0 amide bonds. The van der Waals surface area contributed by atoms with E-state index in [4.69, 9.17) is 5.11 Å². The number of carboxylic acid groups (broad SMARTS) is 1. The minimum absolute atomic E-state index is 0.189. The summed E-state index contributed by atoms with van der Waals surface area (Å²) >= 11 is 0. The highest BCUT2D eigenvalue weighted by atomic mass is 16.4. The Morgan fingerprint density at radius 3 is 2.15 bits per heavy atom. The molecule has 154 valence electrons. The fraction of sp³-hybridized carbons (Fsp3) is 0.591. The highest BCUT2D eigenvalue weighted by molar-refractivity contribution is 5.66. The van der Waals surface area contributed by atoms with Crippen molar-refractivity contribution in [2.45, 2.75) is 83.0 Å². The Morgan fingerprint density at radius 1 is 0.852 bits per heavy atom. The van der Waals surface area contributed by atoms with Gasteiger partial charge in [0, 0.05) is 6.42 Å². The van der Waals surface area contributed by atoms with Crippen LogP contribution in [0.5, 0.6) is 0 Å². The lowest BCUT2D eigenvalue weighted by Gasteiger charge is -2.14. The standard InChI is InChI=1S/C22H36O5/c1-2-3-9-16-20(24)21(25)17-12-7-5-4-6-10-14-19(23)15-11-8-13-18-22(26)27/h3-4,6-7,9-10,12,14,19-21,23-25H,2,5,8,11,13,15-18H2,1H3,(H,26,27). The summed E-state index contributed by atoms with van der Waals surface area (Å²) < 4.78 is 0. The minimum Gasteiger partial charge on any atom is -0.481 e. The fourth-order valence-corrected chi connectivity index (χ4v) is 2.38. The van der Waals surface area contributed by atoms with Crippen molar-refractivity contribution in [2.24, 2.45) is 0 Å². The molecule has 4 N–H and O–H groups in total. The first-order valence-corrected chi connectivity index (χ1v) is 9.86. The average Bonchev–Trinajstić information content (AvgIpc) is 2.63. The van der Waals surface area contributed by atoms with E-state index in [0.29, 0.717) is 32.1 Å². The molecule has 0 fully saturated rings. The third-order valence-corrected chi connectivity index (χ3v) is 4.01. The third kappa shape index (κ3) is 17.5. The van der Waals surface area contributed by atoms with Gasteiger partial charge in [-0.3, -0.25) is 4.79 Å². The molecule has 0 aliphatic heterocycles. The summed E-state index contributed by atoms with van der Waals surface area (Å²) in [4.78, 5) is 10.4. The van der Waals surface area contributed by atoms with Crippen LogP contribution in [0, 0.1) is 0 Å². The van der Waals surface area contributed by atoms with Gasteiger partial charge in [-0.15, -0.1) is 0 Å². The zero-order chi connectivity index (χ0) is 20.3. The Morgan fingerprint density at radius 2 is 1.52 bits per heavy atom. The van der Waals surface area contributed by atoms with Crippen LogP contribution in [0.15, 0.2) is 48.6 Å². The lowest BCUT2D eigenvalue weighted by molar-refractivity contribution is -0.137. The van der Waals surface area contributed by atoms with E-state index in [2.05, 4.69) is 0 Å². The number of aliphatic hydroxyl groups excluding tert-OH is 3. The Hall–Kier alpha value is -1.69. The summed E-state index contributed by atoms with van der Waals surface area (Å²) in [5.41, 5.74) is 0. The number of hydrogen-bond donors (Lipinski definition) is 4. The van der Waals surface area contributed by atoms with Crippen LogP contribution in [0.4, 0.5) is 0 Å². The van der Waals surface area contributed by atoms with Gasteiger partial charge in [-0.05, 0) is 38.5 Å². The van der Waals surface area contributed by atoms with E-state index < -0.39 is 24.3 Å². The third-order valence-electron chi connectivity index (χ3n) is 4.01. The summed E-state index contributed by atoms with van der Waals surface area (Å²) in [6.45, 7) is 2.02. The van der Waals surface area contributed by atoms with Gasteiger partial charge >= 0.3 is 5.97 Å². The molecule has 0 aromatic carbocycles. The van der Waals surface area contributed by atoms with Crippen molar-refractivity contribution in [2.75, 3.05) is 0 Å². The molecular formula is C22H36O5. The Labute approximate surface area is 163 Å². The van der Waals surface area contributed by atoms with Crippen molar-refractivity contribution in [3.63, 3.8) is 0 Å². The first kappa shape index (κ1) is 25.3. The van der Waals surface area contributed by atoms with Crippen molar-refractivity contribution in [3.8, 4) is 0 Å². The smallest absolute Gasteiger partial charge is 0.303 e. The second kappa shape index (κ2) is 17.7. The molecule has 27 heavy (non-hydrogen) atoms. The van der Waals surface area contributed by atoms with Crippen LogP contribution in [-0.4, -0.2) is 44.7 Å². The molecule has 5 heteroatoms. The van der Waals surface area contributed by atoms with Crippen LogP contribution in [-0.2, 0) is 4.79 Å². The number of unbranched alkanes of at least 4 members (excludes halogenated alkanes) is 2. The molecule has 0 rings (SSSR count). The van der Waals surface area contributed by atoms with Gasteiger partial charge in [-0.1, -0.05) is 68.4 Å². The second-order valence-corrected chi connectivity index (χ2v) is 6.57. The average molecular weight is 381 g/mol. The van der Waals surface area contributed by atoms with Crippen LogP contribution in [0.25, 0.3) is 0 Å². The number of aliphatic carboxylic acids is 1. The Bertz CT molecular complexity index is 479. The highest BCUT2D eigenvalue weighted by Gasteiger charge is 2.12. The Kier molecular flexibility index (Phi) is 16.6. The normalized spacial score (nSPS) is 16.0. The van der Waals surface area contributed by atoms with Gasteiger partial charge in [-0.2, -0.15) is 0 Å². The molecule has 0 heterocycles. The molecule has 5 nitrogen and oxygen atoms in total. The molecule has 0 aliphatic carbocycles. The highest BCUT2D eigenvalue weighted by Crippen LogP contribution is 2.07. The van der Waals surface area contributed by atoms with E-state index in [1.165, 1.54) is 0 Å². The Balaban J connectivity index is 3.79. The molecule has 3 unspecified atom stereocenters. The summed E-state index contributed by atoms with van der Waals surface area (Å²) in [5, 5.41) is 37.9. The van der Waals surface area contributed by atoms with Crippen molar-refractivity contribution < 1.29 is 25.2 Å². The van der Waals surface area contributed by atoms with E-state index in [1.54, 1.807) is 12.2 Å². The van der Waals surface area contributed by atoms with E-state index in [1.807, 2.05) is 43.4 Å². The summed E-state index contributed by atoms with van der Waals surface area (Å²) in [7, 11) is 0. The van der Waals surface area contributed by atoms with Gasteiger partial charge in [0.05, 0.1) is 18.3 Å². The summed E-state index contributed by atoms with van der Waals surface area (Å²) in [6.07, 6.45) is 18.6. The maximum Gasteiger partial charge on any atom is 0.303 e. The van der Waals surface area contributed by atoms with Crippen LogP contribution >= 0.6 is 0 Å². The summed E-state index contributed by atoms with van der Waals surface area (Å²) in [6, 6.07) is 0. The number of carboxylic acids is 1. The molecule has 0 radical (unpaired) electrons. The molecule has 0 aliphatic rings. The summed E-state index contributed by atoms with van der Waals surface area (Å²) in [5.74, 6) is -0.774. The predicted molar refractivity (Wildman–Crippen MR) is 109 cm³/mol. The molecule has 0 bridgehead atoms. The number of hydrogen-bond acceptors (Lipinski definition) is 4. The first-order valence-electron chi connectivity index (χ1n) is 9.86. The molecule has 3 atom stereocenters. The van der Waals surface area contributed by atoms with Gasteiger partial charge in [-0.25, -0.2) is 0 Å². The lowest BCUT2D eigenvalue weighted by atomic mass is 10.1. The van der Waals surface area contributed by atoms with Crippen molar-refractivity contribution in [1.82, 2.24) is 0 Å². The van der Waals surface area contributed by atoms with Gasteiger partial charge in [0.15, 0.2) is 0 Å². The van der Waals surface area contributed by atoms with Crippen LogP contribution < -0.4 is 0 Å². The molecule has 0 aromatic heterocycles. The maximum absolute atomic E-state index is 10.4. The van der Waals surface area contributed by atoms with E-state index in [0.717, 1.165) is 19.3 Å². The van der Waals surface area contributed by atoms with Crippen molar-refractivity contribution in [3.05, 3.63) is 48.6 Å². The van der Waals surface area contributed by atoms with Crippen molar-refractivity contribution >= 4 is 5.97 Å². The van der Waals surface area contributed by atoms with Gasteiger partial charge in [0.1, 0.15) is 0 Å². The minimum atomic E-state index is -0.774. The van der Waals surface area contributed by atoms with Crippen molar-refractivity contribution in [1.29, 1.82) is 0 Å². The van der Waals surface area contributed by atoms with Crippen LogP contribution in [0.3, 0.4) is 0 Å². The van der Waals surface area contributed by atoms with Crippen LogP contribution in [0.1, 0.15) is 64.7 Å². The first-order chi connectivity index (χ1) is 13.0. The van der Waals surface area contributed by atoms with E-state index in [-0.39, 0.29) is 6.42 Å². The van der Waals surface area contributed by atoms with Crippen LogP contribution in [0.2, 0.25) is 0 Å².